The molecule has 2 amide bonds. The van der Waals surface area contributed by atoms with Crippen LogP contribution in [0.1, 0.15) is 50.4 Å². The normalized spacial score (nSPS) is 17.2. The Morgan fingerprint density at radius 1 is 1.31 bits per heavy atom. The fourth-order valence-corrected chi connectivity index (χ4v) is 2.94. The Hall–Kier alpha value is -2.08. The number of anilines is 1. The number of ether oxygens (including phenoxy) is 2. The number of unbranched alkanes of at least 4 members (excludes halogenated alkanes) is 1. The molecule has 1 saturated heterocycles. The Bertz CT molecular complexity index is 586. The number of benzene rings is 1. The number of carbonyl (C=O) groups excluding carboxylic acids is 2. The van der Waals surface area contributed by atoms with E-state index in [1.807, 2.05) is 11.8 Å². The number of amides is 2. The second-order valence-corrected chi connectivity index (χ2v) is 7.05. The molecule has 6 nitrogen and oxygen atoms in total. The van der Waals surface area contributed by atoms with Crippen molar-refractivity contribution in [1.29, 1.82) is 0 Å². The zero-order chi connectivity index (χ0) is 18.9. The van der Waals surface area contributed by atoms with Gasteiger partial charge in [0.1, 0.15) is 0 Å². The summed E-state index contributed by atoms with van der Waals surface area (Å²) in [4.78, 5) is 26.4. The highest BCUT2D eigenvalue weighted by Gasteiger charge is 2.27. The van der Waals surface area contributed by atoms with Crippen molar-refractivity contribution in [3.8, 4) is 0 Å². The van der Waals surface area contributed by atoms with E-state index in [1.54, 1.807) is 24.3 Å². The number of rotatable bonds is 7. The van der Waals surface area contributed by atoms with Crippen LogP contribution in [0.3, 0.4) is 0 Å². The molecule has 1 heterocycles. The van der Waals surface area contributed by atoms with Gasteiger partial charge in [-0.05, 0) is 43.0 Å². The van der Waals surface area contributed by atoms with Gasteiger partial charge in [-0.3, -0.25) is 0 Å². The molecular weight excluding hydrogens is 332 g/mol. The van der Waals surface area contributed by atoms with Gasteiger partial charge in [0.05, 0.1) is 31.4 Å². The Labute approximate surface area is 155 Å². The van der Waals surface area contributed by atoms with Gasteiger partial charge in [0.2, 0.25) is 0 Å². The molecular formula is C20H30N2O4. The molecule has 144 valence electrons. The summed E-state index contributed by atoms with van der Waals surface area (Å²) in [6, 6.07) is 6.77. The highest BCUT2D eigenvalue weighted by molar-refractivity contribution is 5.92. The fourth-order valence-electron chi connectivity index (χ4n) is 2.94. The van der Waals surface area contributed by atoms with Crippen molar-refractivity contribution in [2.24, 2.45) is 5.92 Å². The molecule has 0 saturated carbocycles. The molecule has 1 fully saturated rings. The Morgan fingerprint density at radius 2 is 2.04 bits per heavy atom. The predicted octanol–water partition coefficient (Wildman–Crippen LogP) is 3.92. The lowest BCUT2D eigenvalue weighted by Crippen LogP contribution is -2.50. The minimum absolute atomic E-state index is 0.0940. The predicted molar refractivity (Wildman–Crippen MR) is 101 cm³/mol. The van der Waals surface area contributed by atoms with Crippen LogP contribution in [0.5, 0.6) is 0 Å². The van der Waals surface area contributed by atoms with E-state index in [2.05, 4.69) is 19.2 Å². The van der Waals surface area contributed by atoms with Crippen LogP contribution in [0.4, 0.5) is 10.5 Å². The van der Waals surface area contributed by atoms with Crippen LogP contribution in [0.2, 0.25) is 0 Å². The molecule has 1 aromatic rings. The van der Waals surface area contributed by atoms with E-state index in [1.165, 1.54) is 0 Å². The van der Waals surface area contributed by atoms with Gasteiger partial charge < -0.3 is 19.7 Å². The van der Waals surface area contributed by atoms with Crippen molar-refractivity contribution in [3.05, 3.63) is 29.8 Å². The number of nitrogens with one attached hydrogen (secondary N) is 1. The van der Waals surface area contributed by atoms with Crippen molar-refractivity contribution in [2.45, 2.75) is 46.1 Å². The van der Waals surface area contributed by atoms with Gasteiger partial charge in [0.15, 0.2) is 0 Å². The van der Waals surface area contributed by atoms with Crippen LogP contribution in [-0.2, 0) is 9.47 Å². The molecule has 1 atom stereocenters. The Morgan fingerprint density at radius 3 is 2.69 bits per heavy atom. The van der Waals surface area contributed by atoms with E-state index in [-0.39, 0.29) is 18.0 Å². The summed E-state index contributed by atoms with van der Waals surface area (Å²) in [5.74, 6) is 0.163. The molecule has 1 unspecified atom stereocenters. The third-order valence-electron chi connectivity index (χ3n) is 4.33. The quantitative estimate of drug-likeness (QED) is 0.590. The smallest absolute Gasteiger partial charge is 0.338 e. The van der Waals surface area contributed by atoms with Crippen molar-refractivity contribution in [1.82, 2.24) is 4.90 Å². The van der Waals surface area contributed by atoms with Crippen molar-refractivity contribution in [3.63, 3.8) is 0 Å². The molecule has 1 aliphatic rings. The van der Waals surface area contributed by atoms with E-state index >= 15 is 0 Å². The molecule has 0 spiro atoms. The molecule has 1 aliphatic heterocycles. The molecule has 0 radical (unpaired) electrons. The highest BCUT2D eigenvalue weighted by Crippen LogP contribution is 2.18. The van der Waals surface area contributed by atoms with E-state index in [0.717, 1.165) is 19.3 Å². The van der Waals surface area contributed by atoms with Gasteiger partial charge in [-0.1, -0.05) is 27.2 Å². The van der Waals surface area contributed by atoms with Crippen molar-refractivity contribution in [2.75, 3.05) is 31.7 Å². The zero-order valence-electron chi connectivity index (χ0n) is 16.0. The van der Waals surface area contributed by atoms with Gasteiger partial charge in [-0.2, -0.15) is 0 Å². The number of carbonyl (C=O) groups is 2. The lowest BCUT2D eigenvalue weighted by atomic mass is 10.0. The molecule has 2 rings (SSSR count). The first-order valence-electron chi connectivity index (χ1n) is 9.43. The van der Waals surface area contributed by atoms with Gasteiger partial charge in [0, 0.05) is 12.2 Å². The number of morpholine rings is 1. The topological polar surface area (TPSA) is 67.9 Å². The van der Waals surface area contributed by atoms with Crippen molar-refractivity contribution < 1.29 is 19.1 Å². The molecule has 0 aliphatic carbocycles. The summed E-state index contributed by atoms with van der Waals surface area (Å²) in [7, 11) is 0. The number of hydrogen-bond acceptors (Lipinski definition) is 4. The van der Waals surface area contributed by atoms with E-state index in [9.17, 15) is 9.59 Å². The monoisotopic (exact) mass is 362 g/mol. The summed E-state index contributed by atoms with van der Waals surface area (Å²) >= 11 is 0. The molecule has 1 aromatic carbocycles. The summed E-state index contributed by atoms with van der Waals surface area (Å²) in [6.07, 6.45) is 2.75. The van der Waals surface area contributed by atoms with Crippen LogP contribution in [0.15, 0.2) is 24.3 Å². The first-order valence-corrected chi connectivity index (χ1v) is 9.43. The third kappa shape index (κ3) is 6.02. The van der Waals surface area contributed by atoms with Crippen LogP contribution >= 0.6 is 0 Å². The summed E-state index contributed by atoms with van der Waals surface area (Å²) in [5.41, 5.74) is 1.15. The standard InChI is InChI=1S/C20H30N2O4/c1-4-5-11-26-19(23)16-6-8-17(9-7-16)21-20(24)22-10-12-25-14-18(22)13-15(2)3/h6-9,15,18H,4-5,10-14H2,1-3H3,(H,21,24). The second kappa shape index (κ2) is 10.2. The van der Waals surface area contributed by atoms with Crippen LogP contribution in [0, 0.1) is 5.92 Å². The number of esters is 1. The maximum Gasteiger partial charge on any atom is 0.338 e. The Balaban J connectivity index is 1.92. The minimum Gasteiger partial charge on any atom is -0.462 e. The van der Waals surface area contributed by atoms with Gasteiger partial charge in [-0.15, -0.1) is 0 Å². The van der Waals surface area contributed by atoms with Crippen LogP contribution < -0.4 is 5.32 Å². The number of urea groups is 1. The lowest BCUT2D eigenvalue weighted by Gasteiger charge is -2.36. The van der Waals surface area contributed by atoms with E-state index in [4.69, 9.17) is 9.47 Å². The van der Waals surface area contributed by atoms with Crippen LogP contribution in [0.25, 0.3) is 0 Å². The first-order chi connectivity index (χ1) is 12.5. The van der Waals surface area contributed by atoms with Gasteiger partial charge in [0.25, 0.3) is 0 Å². The SMILES string of the molecule is CCCCOC(=O)c1ccc(NC(=O)N2CCOCC2CC(C)C)cc1. The lowest BCUT2D eigenvalue weighted by molar-refractivity contribution is 0.00857. The molecule has 6 heteroatoms. The highest BCUT2D eigenvalue weighted by atomic mass is 16.5. The van der Waals surface area contributed by atoms with Crippen LogP contribution in [-0.4, -0.2) is 49.3 Å². The number of nitrogens with zero attached hydrogens (tertiary/aromatic N) is 1. The largest absolute Gasteiger partial charge is 0.462 e. The third-order valence-corrected chi connectivity index (χ3v) is 4.33. The van der Waals surface area contributed by atoms with E-state index < -0.39 is 0 Å². The number of hydrogen-bond donors (Lipinski definition) is 1. The molecule has 26 heavy (non-hydrogen) atoms. The summed E-state index contributed by atoms with van der Waals surface area (Å²) < 4.78 is 10.7. The summed E-state index contributed by atoms with van der Waals surface area (Å²) in [5, 5.41) is 2.91. The maximum absolute atomic E-state index is 12.6. The average Bonchev–Trinajstić information content (AvgIpc) is 2.62. The van der Waals surface area contributed by atoms with E-state index in [0.29, 0.717) is 43.5 Å². The summed E-state index contributed by atoms with van der Waals surface area (Å²) in [6.45, 7) is 8.49. The minimum atomic E-state index is -0.332. The molecule has 0 bridgehead atoms. The molecule has 0 aromatic heterocycles. The van der Waals surface area contributed by atoms with Gasteiger partial charge in [-0.25, -0.2) is 9.59 Å². The molecule has 1 N–H and O–H groups in total. The maximum atomic E-state index is 12.6. The average molecular weight is 362 g/mol. The van der Waals surface area contributed by atoms with Gasteiger partial charge >= 0.3 is 12.0 Å². The second-order valence-electron chi connectivity index (χ2n) is 7.05. The Kier molecular flexibility index (Phi) is 7.91. The van der Waals surface area contributed by atoms with Crippen molar-refractivity contribution >= 4 is 17.7 Å². The first kappa shape index (κ1) is 20.2. The zero-order valence-corrected chi connectivity index (χ0v) is 16.0. The fraction of sp³-hybridized carbons (Fsp3) is 0.600.